The minimum absolute atomic E-state index is 0.156. The summed E-state index contributed by atoms with van der Waals surface area (Å²) in [5.74, 6) is -0.263. The van der Waals surface area contributed by atoms with Gasteiger partial charge in [-0.25, -0.2) is 4.79 Å². The predicted octanol–water partition coefficient (Wildman–Crippen LogP) is 5.39. The van der Waals surface area contributed by atoms with E-state index in [0.717, 1.165) is 24.8 Å². The van der Waals surface area contributed by atoms with E-state index in [1.807, 2.05) is 42.5 Å². The molecule has 4 rings (SSSR count). The third-order valence-electron chi connectivity index (χ3n) is 6.95. The van der Waals surface area contributed by atoms with Crippen LogP contribution < -0.4 is 4.74 Å². The molecule has 1 saturated carbocycles. The minimum Gasteiger partial charge on any atom is -0.487 e. The monoisotopic (exact) mass is 608 g/mol. The molecule has 2 N–H and O–H groups in total. The van der Waals surface area contributed by atoms with Crippen molar-refractivity contribution in [2.75, 3.05) is 26.2 Å². The normalized spacial score (nSPS) is 18.7. The van der Waals surface area contributed by atoms with Crippen molar-refractivity contribution in [1.82, 2.24) is 9.80 Å². The Balaban J connectivity index is 1.60. The molecule has 2 fully saturated rings. The number of carbonyl (C=O) groups excluding carboxylic acids is 1. The van der Waals surface area contributed by atoms with Gasteiger partial charge in [-0.1, -0.05) is 49.6 Å². The van der Waals surface area contributed by atoms with Gasteiger partial charge in [-0.15, -0.1) is 0 Å². The minimum atomic E-state index is -1.15. The molecule has 0 radical (unpaired) electrons. The van der Waals surface area contributed by atoms with Gasteiger partial charge >= 0.3 is 6.09 Å². The van der Waals surface area contributed by atoms with Crippen molar-refractivity contribution in [1.29, 1.82) is 0 Å². The molecule has 0 aromatic heterocycles. The molecule has 1 saturated heterocycles. The lowest BCUT2D eigenvalue weighted by atomic mass is 9.72. The number of hydrogen-bond donors (Lipinski definition) is 2. The summed E-state index contributed by atoms with van der Waals surface area (Å²) in [7, 11) is 0. The number of nitrogens with zero attached hydrogens (tertiary/aromatic N) is 2. The Hall–Kier alpha value is -2.10. The van der Waals surface area contributed by atoms with E-state index in [9.17, 15) is 19.8 Å². The molecule has 2 aromatic carbocycles. The van der Waals surface area contributed by atoms with E-state index in [-0.39, 0.29) is 19.0 Å². The molecular formula is C26H30Br2N2O5. The van der Waals surface area contributed by atoms with Crippen LogP contribution in [0.3, 0.4) is 0 Å². The molecule has 2 aromatic rings. The zero-order valence-electron chi connectivity index (χ0n) is 19.5. The number of benzene rings is 2. The van der Waals surface area contributed by atoms with Gasteiger partial charge in [0.25, 0.3) is 0 Å². The van der Waals surface area contributed by atoms with Crippen LogP contribution in [0.15, 0.2) is 51.4 Å². The number of halogens is 2. The van der Waals surface area contributed by atoms with Crippen molar-refractivity contribution in [2.24, 2.45) is 0 Å². The van der Waals surface area contributed by atoms with Gasteiger partial charge in [0, 0.05) is 26.2 Å². The van der Waals surface area contributed by atoms with Gasteiger partial charge in [-0.3, -0.25) is 4.79 Å². The van der Waals surface area contributed by atoms with E-state index in [2.05, 4.69) is 31.9 Å². The zero-order valence-corrected chi connectivity index (χ0v) is 22.6. The summed E-state index contributed by atoms with van der Waals surface area (Å²) in [6.45, 7) is 1.58. The smallest absolute Gasteiger partial charge is 0.407 e. The molecule has 0 bridgehead atoms. The number of hydrogen-bond acceptors (Lipinski definition) is 4. The molecule has 7 nitrogen and oxygen atoms in total. The number of carbonyl (C=O) groups is 2. The molecule has 2 aliphatic rings. The van der Waals surface area contributed by atoms with Crippen molar-refractivity contribution < 1.29 is 24.5 Å². The summed E-state index contributed by atoms with van der Waals surface area (Å²) in [5, 5.41) is 21.0. The van der Waals surface area contributed by atoms with Crippen molar-refractivity contribution >= 4 is 43.9 Å². The van der Waals surface area contributed by atoms with Gasteiger partial charge in [0.15, 0.2) is 0 Å². The van der Waals surface area contributed by atoms with E-state index in [1.54, 1.807) is 4.90 Å². The van der Waals surface area contributed by atoms with Gasteiger partial charge in [0.2, 0.25) is 5.91 Å². The molecule has 188 valence electrons. The van der Waals surface area contributed by atoms with E-state index in [0.29, 0.717) is 52.8 Å². The number of carboxylic acid groups (broad SMARTS) is 1. The molecule has 2 amide bonds. The van der Waals surface area contributed by atoms with Crippen molar-refractivity contribution in [3.05, 3.63) is 62.5 Å². The number of aliphatic hydroxyl groups is 1. The average molecular weight is 610 g/mol. The summed E-state index contributed by atoms with van der Waals surface area (Å²) in [6, 6.07) is 13.6. The molecule has 35 heavy (non-hydrogen) atoms. The van der Waals surface area contributed by atoms with E-state index in [4.69, 9.17) is 4.74 Å². The lowest BCUT2D eigenvalue weighted by molar-refractivity contribution is -0.143. The first-order chi connectivity index (χ1) is 16.8. The molecule has 1 unspecified atom stereocenters. The second-order valence-corrected chi connectivity index (χ2v) is 11.0. The Labute approximate surface area is 222 Å². The van der Waals surface area contributed by atoms with E-state index < -0.39 is 17.6 Å². The van der Waals surface area contributed by atoms with Crippen LogP contribution in [0, 0.1) is 0 Å². The van der Waals surface area contributed by atoms with E-state index >= 15 is 0 Å². The van der Waals surface area contributed by atoms with Crippen LogP contribution in [0.2, 0.25) is 0 Å². The highest BCUT2D eigenvalue weighted by molar-refractivity contribution is 9.11. The van der Waals surface area contributed by atoms with Crippen molar-refractivity contribution in [2.45, 2.75) is 50.2 Å². The largest absolute Gasteiger partial charge is 0.487 e. The quantitative estimate of drug-likeness (QED) is 0.458. The lowest BCUT2D eigenvalue weighted by Gasteiger charge is -2.42. The number of ether oxygens (including phenoxy) is 1. The number of piperazine rings is 1. The van der Waals surface area contributed by atoms with Gasteiger partial charge in [-0.2, -0.15) is 0 Å². The van der Waals surface area contributed by atoms with Crippen LogP contribution in [0.1, 0.15) is 49.1 Å². The fourth-order valence-electron chi connectivity index (χ4n) is 5.05. The second-order valence-electron chi connectivity index (χ2n) is 9.28. The number of rotatable bonds is 6. The van der Waals surface area contributed by atoms with Crippen LogP contribution in [0.5, 0.6) is 5.75 Å². The number of amides is 2. The molecule has 0 spiro atoms. The third kappa shape index (κ3) is 6.01. The lowest BCUT2D eigenvalue weighted by Crippen LogP contribution is -2.54. The molecular weight excluding hydrogens is 580 g/mol. The highest BCUT2D eigenvalue weighted by Crippen LogP contribution is 2.45. The average Bonchev–Trinajstić information content (AvgIpc) is 2.84. The Bertz CT molecular complexity index is 1030. The maximum atomic E-state index is 13.8. The van der Waals surface area contributed by atoms with Gasteiger partial charge < -0.3 is 24.7 Å². The molecule has 1 aliphatic heterocycles. The van der Waals surface area contributed by atoms with Gasteiger partial charge in [0.1, 0.15) is 12.4 Å². The molecule has 1 heterocycles. The maximum absolute atomic E-state index is 13.8. The van der Waals surface area contributed by atoms with Crippen LogP contribution in [0.4, 0.5) is 4.79 Å². The van der Waals surface area contributed by atoms with Crippen molar-refractivity contribution in [3.63, 3.8) is 0 Å². The fraction of sp³-hybridized carbons (Fsp3) is 0.462. The van der Waals surface area contributed by atoms with Crippen LogP contribution >= 0.6 is 31.9 Å². The first kappa shape index (κ1) is 26.0. The highest BCUT2D eigenvalue weighted by Gasteiger charge is 2.45. The van der Waals surface area contributed by atoms with Crippen LogP contribution in [0.25, 0.3) is 0 Å². The van der Waals surface area contributed by atoms with Gasteiger partial charge in [0.05, 0.1) is 20.5 Å². The highest BCUT2D eigenvalue weighted by atomic mass is 79.9. The molecule has 1 atom stereocenters. The SMILES string of the molecule is O=C(O)N1CCN(C(=O)C(c2cc(Br)c(OCc3ccccc3)c(Br)c2)C2(O)CCCCC2)CC1. The summed E-state index contributed by atoms with van der Waals surface area (Å²) in [5.41, 5.74) is 0.608. The topological polar surface area (TPSA) is 90.3 Å². The van der Waals surface area contributed by atoms with E-state index in [1.165, 1.54) is 4.90 Å². The van der Waals surface area contributed by atoms with Crippen LogP contribution in [-0.2, 0) is 11.4 Å². The Morgan fingerprint density at radius 2 is 1.51 bits per heavy atom. The summed E-state index contributed by atoms with van der Waals surface area (Å²) >= 11 is 7.23. The maximum Gasteiger partial charge on any atom is 0.407 e. The summed E-state index contributed by atoms with van der Waals surface area (Å²) in [4.78, 5) is 28.1. The Kier molecular flexibility index (Phi) is 8.39. The first-order valence-corrected chi connectivity index (χ1v) is 13.5. The Morgan fingerprint density at radius 1 is 0.943 bits per heavy atom. The first-order valence-electron chi connectivity index (χ1n) is 11.9. The Morgan fingerprint density at radius 3 is 2.09 bits per heavy atom. The summed E-state index contributed by atoms with van der Waals surface area (Å²) < 4.78 is 7.46. The molecule has 1 aliphatic carbocycles. The standard InChI is InChI=1S/C26H30Br2N2O5/c27-20-15-19(16-21(28)23(20)35-17-18-7-3-1-4-8-18)22(26(34)9-5-2-6-10-26)24(31)29-11-13-30(14-12-29)25(32)33/h1,3-4,7-8,15-16,22,34H,2,5-6,9-14,17H2,(H,32,33). The second kappa shape index (κ2) is 11.3. The fourth-order valence-corrected chi connectivity index (χ4v) is 6.50. The molecule has 9 heteroatoms. The van der Waals surface area contributed by atoms with Gasteiger partial charge in [-0.05, 0) is 68.0 Å². The summed E-state index contributed by atoms with van der Waals surface area (Å²) in [6.07, 6.45) is 2.92. The zero-order chi connectivity index (χ0) is 25.0. The van der Waals surface area contributed by atoms with Crippen molar-refractivity contribution in [3.8, 4) is 5.75 Å². The van der Waals surface area contributed by atoms with Crippen LogP contribution in [-0.4, -0.2) is 63.8 Å². The predicted molar refractivity (Wildman–Crippen MR) is 140 cm³/mol. The third-order valence-corrected chi connectivity index (χ3v) is 8.12.